The van der Waals surface area contributed by atoms with Gasteiger partial charge in [-0.2, -0.15) is 0 Å². The number of carbonyl (C=O) groups excluding carboxylic acids is 3. The normalized spacial score (nSPS) is 17.8. The zero-order valence-electron chi connectivity index (χ0n) is 13.5. The number of thiazole rings is 1. The third kappa shape index (κ3) is 3.02. The van der Waals surface area contributed by atoms with Crippen molar-refractivity contribution in [1.29, 1.82) is 0 Å². The topological polar surface area (TPSA) is 91.8 Å². The first-order valence-corrected chi connectivity index (χ1v) is 8.71. The largest absolute Gasteiger partial charge is 0.439 e. The number of hydrogen-bond acceptors (Lipinski definition) is 6. The number of rotatable bonds is 3. The Balaban J connectivity index is 1.32. The van der Waals surface area contributed by atoms with Crippen LogP contribution in [-0.4, -0.2) is 59.1 Å². The zero-order chi connectivity index (χ0) is 17.6. The molecule has 0 atom stereocenters. The Kier molecular flexibility index (Phi) is 3.79. The highest BCUT2D eigenvalue weighted by Crippen LogP contribution is 2.25. The molecule has 0 radical (unpaired) electrons. The van der Waals surface area contributed by atoms with Gasteiger partial charge in [0.1, 0.15) is 0 Å². The summed E-state index contributed by atoms with van der Waals surface area (Å²) in [7, 11) is 0. The molecule has 3 heterocycles. The number of aryl methyl sites for hydroxylation is 1. The number of aromatic nitrogens is 1. The molecule has 25 heavy (non-hydrogen) atoms. The van der Waals surface area contributed by atoms with Gasteiger partial charge < -0.3 is 15.0 Å². The van der Waals surface area contributed by atoms with Gasteiger partial charge in [0.15, 0.2) is 6.61 Å². The van der Waals surface area contributed by atoms with Crippen LogP contribution in [0.2, 0.25) is 0 Å². The lowest BCUT2D eigenvalue weighted by Crippen LogP contribution is -2.55. The first kappa shape index (κ1) is 15.8. The molecule has 2 aromatic rings. The maximum atomic E-state index is 12.3. The lowest BCUT2D eigenvalue weighted by Gasteiger charge is -2.40. The molecule has 4 rings (SSSR count). The van der Waals surface area contributed by atoms with Crippen LogP contribution in [0.4, 0.5) is 15.3 Å². The average Bonchev–Trinajstić information content (AvgIpc) is 3.04. The van der Waals surface area contributed by atoms with Crippen molar-refractivity contribution in [2.45, 2.75) is 6.92 Å². The van der Waals surface area contributed by atoms with Crippen molar-refractivity contribution < 1.29 is 19.1 Å². The van der Waals surface area contributed by atoms with Crippen LogP contribution < -0.4 is 5.32 Å². The third-order valence-electron chi connectivity index (χ3n) is 4.27. The molecule has 0 spiro atoms. The summed E-state index contributed by atoms with van der Waals surface area (Å²) in [6.07, 6.45) is -0.597. The Bertz CT molecular complexity index is 858. The van der Waals surface area contributed by atoms with Crippen molar-refractivity contribution in [1.82, 2.24) is 14.8 Å². The molecule has 130 valence electrons. The molecule has 0 aliphatic carbocycles. The van der Waals surface area contributed by atoms with E-state index in [1.165, 1.54) is 0 Å². The average molecular weight is 360 g/mol. The Labute approximate surface area is 147 Å². The van der Waals surface area contributed by atoms with E-state index in [0.717, 1.165) is 20.1 Å². The van der Waals surface area contributed by atoms with Crippen LogP contribution in [0.15, 0.2) is 18.2 Å². The van der Waals surface area contributed by atoms with Gasteiger partial charge in [-0.25, -0.2) is 19.5 Å². The van der Waals surface area contributed by atoms with Gasteiger partial charge in [-0.1, -0.05) is 0 Å². The number of cyclic esters (lactones) is 1. The van der Waals surface area contributed by atoms with E-state index in [1.807, 2.05) is 25.1 Å². The van der Waals surface area contributed by atoms with Gasteiger partial charge in [0.05, 0.1) is 15.2 Å². The van der Waals surface area contributed by atoms with Crippen LogP contribution in [-0.2, 0) is 9.53 Å². The van der Waals surface area contributed by atoms with Gasteiger partial charge in [-0.05, 0) is 25.1 Å². The summed E-state index contributed by atoms with van der Waals surface area (Å²) in [5.74, 6) is -0.233. The summed E-state index contributed by atoms with van der Waals surface area (Å²) in [4.78, 5) is 42.4. The maximum Gasteiger partial charge on any atom is 0.417 e. The van der Waals surface area contributed by atoms with Gasteiger partial charge in [0.25, 0.3) is 5.91 Å². The second kappa shape index (κ2) is 5.99. The number of hydrogen-bond donors (Lipinski definition) is 1. The number of nitrogens with one attached hydrogen (secondary N) is 1. The molecule has 2 aliphatic heterocycles. The van der Waals surface area contributed by atoms with Crippen molar-refractivity contribution in [3.63, 3.8) is 0 Å². The minimum Gasteiger partial charge on any atom is -0.439 e. The number of ether oxygens (including phenoxy) is 1. The van der Waals surface area contributed by atoms with E-state index in [2.05, 4.69) is 15.0 Å². The predicted octanol–water partition coefficient (Wildman–Crippen LogP) is 2.05. The van der Waals surface area contributed by atoms with E-state index in [4.69, 9.17) is 0 Å². The molecule has 0 saturated carbocycles. The highest BCUT2D eigenvalue weighted by Gasteiger charge is 2.38. The minimum atomic E-state index is -0.597. The van der Waals surface area contributed by atoms with Crippen LogP contribution in [0.5, 0.6) is 0 Å². The molecule has 1 aromatic carbocycles. The molecule has 2 saturated heterocycles. The highest BCUT2D eigenvalue weighted by atomic mass is 32.1. The molecule has 0 unspecified atom stereocenters. The number of imide groups is 1. The molecule has 8 nitrogen and oxygen atoms in total. The van der Waals surface area contributed by atoms with E-state index in [-0.39, 0.29) is 24.5 Å². The molecule has 2 aliphatic rings. The van der Waals surface area contributed by atoms with E-state index in [1.54, 1.807) is 16.2 Å². The van der Waals surface area contributed by atoms with Crippen LogP contribution in [0, 0.1) is 12.8 Å². The molecule has 4 amide bonds. The quantitative estimate of drug-likeness (QED) is 0.904. The van der Waals surface area contributed by atoms with E-state index in [9.17, 15) is 14.4 Å². The van der Waals surface area contributed by atoms with Gasteiger partial charge >= 0.3 is 12.1 Å². The minimum absolute atomic E-state index is 0.0871. The number of urea groups is 1. The Hall–Kier alpha value is -2.68. The number of benzene rings is 1. The summed E-state index contributed by atoms with van der Waals surface area (Å²) in [5, 5.41) is 3.84. The second-order valence-corrected chi connectivity index (χ2v) is 7.41. The van der Waals surface area contributed by atoms with Gasteiger partial charge in [-0.3, -0.25) is 4.79 Å². The van der Waals surface area contributed by atoms with Crippen LogP contribution in [0.25, 0.3) is 10.2 Å². The molecular formula is C16H16N4O4S. The number of fused-ring (bicyclic) bond motifs is 1. The molecule has 0 bridgehead atoms. The Morgan fingerprint density at radius 1 is 1.40 bits per heavy atom. The van der Waals surface area contributed by atoms with Gasteiger partial charge in [-0.15, -0.1) is 11.3 Å². The standard InChI is InChI=1S/C16H16N4O4S/c1-9-17-12-4-11(2-3-13(12)25-9)18-15(22)19-5-10(6-19)7-20-14(21)8-24-16(20)23/h2-4,10H,5-8H2,1H3,(H,18,22). The van der Waals surface area contributed by atoms with E-state index < -0.39 is 6.09 Å². The van der Waals surface area contributed by atoms with Crippen molar-refractivity contribution in [2.75, 3.05) is 31.6 Å². The number of anilines is 1. The highest BCUT2D eigenvalue weighted by molar-refractivity contribution is 7.18. The van der Waals surface area contributed by atoms with Crippen LogP contribution >= 0.6 is 11.3 Å². The van der Waals surface area contributed by atoms with Crippen molar-refractivity contribution in [3.8, 4) is 0 Å². The monoisotopic (exact) mass is 360 g/mol. The molecule has 2 fully saturated rings. The molecule has 1 aromatic heterocycles. The summed E-state index contributed by atoms with van der Waals surface area (Å²) in [6.45, 7) is 3.06. The molecular weight excluding hydrogens is 344 g/mol. The Morgan fingerprint density at radius 2 is 2.20 bits per heavy atom. The van der Waals surface area contributed by atoms with Crippen LogP contribution in [0.1, 0.15) is 5.01 Å². The van der Waals surface area contributed by atoms with Gasteiger partial charge in [0, 0.05) is 31.2 Å². The fraction of sp³-hybridized carbons (Fsp3) is 0.375. The summed E-state index contributed by atoms with van der Waals surface area (Å²) in [6, 6.07) is 5.46. The first-order chi connectivity index (χ1) is 12.0. The summed E-state index contributed by atoms with van der Waals surface area (Å²) < 4.78 is 5.76. The smallest absolute Gasteiger partial charge is 0.417 e. The lowest BCUT2D eigenvalue weighted by atomic mass is 10.0. The van der Waals surface area contributed by atoms with Crippen molar-refractivity contribution in [2.24, 2.45) is 5.92 Å². The SMILES string of the molecule is Cc1nc2cc(NC(=O)N3CC(CN4C(=O)COC4=O)C3)ccc2s1. The lowest BCUT2D eigenvalue weighted by molar-refractivity contribution is -0.126. The van der Waals surface area contributed by atoms with Crippen molar-refractivity contribution >= 4 is 45.3 Å². The second-order valence-electron chi connectivity index (χ2n) is 6.18. The van der Waals surface area contributed by atoms with E-state index >= 15 is 0 Å². The fourth-order valence-corrected chi connectivity index (χ4v) is 3.80. The Morgan fingerprint density at radius 3 is 2.92 bits per heavy atom. The summed E-state index contributed by atoms with van der Waals surface area (Å²) >= 11 is 1.61. The number of likely N-dealkylation sites (tertiary alicyclic amines) is 1. The number of amides is 4. The molecule has 1 N–H and O–H groups in total. The first-order valence-electron chi connectivity index (χ1n) is 7.90. The summed E-state index contributed by atoms with van der Waals surface area (Å²) in [5.41, 5.74) is 1.57. The van der Waals surface area contributed by atoms with Gasteiger partial charge in [0.2, 0.25) is 0 Å². The third-order valence-corrected chi connectivity index (χ3v) is 5.22. The number of nitrogens with zero attached hydrogens (tertiary/aromatic N) is 3. The fourth-order valence-electron chi connectivity index (χ4n) is 2.99. The number of carbonyl (C=O) groups is 3. The zero-order valence-corrected chi connectivity index (χ0v) is 14.3. The van der Waals surface area contributed by atoms with E-state index in [0.29, 0.717) is 25.3 Å². The predicted molar refractivity (Wildman–Crippen MR) is 91.5 cm³/mol. The molecule has 9 heteroatoms. The maximum absolute atomic E-state index is 12.3. The van der Waals surface area contributed by atoms with Crippen LogP contribution in [0.3, 0.4) is 0 Å². The van der Waals surface area contributed by atoms with Crippen molar-refractivity contribution in [3.05, 3.63) is 23.2 Å².